The van der Waals surface area contributed by atoms with Crippen molar-refractivity contribution < 1.29 is 4.79 Å². The summed E-state index contributed by atoms with van der Waals surface area (Å²) in [5, 5.41) is 2.07. The molecule has 0 unspecified atom stereocenters. The lowest BCUT2D eigenvalue weighted by atomic mass is 10.3. The van der Waals surface area contributed by atoms with Gasteiger partial charge in [0, 0.05) is 26.4 Å². The summed E-state index contributed by atoms with van der Waals surface area (Å²) in [4.78, 5) is 22.0. The first-order valence-electron chi connectivity index (χ1n) is 9.11. The molecular weight excluding hydrogens is 475 g/mol. The van der Waals surface area contributed by atoms with Crippen LogP contribution in [0.2, 0.25) is 10.0 Å². The van der Waals surface area contributed by atoms with E-state index in [-0.39, 0.29) is 5.91 Å². The number of thiophene rings is 1. The van der Waals surface area contributed by atoms with E-state index in [2.05, 4.69) is 11.1 Å². The monoisotopic (exact) mass is 490 g/mol. The SMILES string of the molecule is CCN1C(=O)/C(=C/c2ccc(Sc3ccc(Cl)cc3)s2)SC1=Nc1ccc(Cl)cc1. The van der Waals surface area contributed by atoms with Crippen LogP contribution in [0.4, 0.5) is 5.69 Å². The molecule has 8 heteroatoms. The predicted molar refractivity (Wildman–Crippen MR) is 131 cm³/mol. The molecule has 1 aromatic heterocycles. The maximum atomic E-state index is 12.8. The van der Waals surface area contributed by atoms with Gasteiger partial charge >= 0.3 is 0 Å². The molecular formula is C22H16Cl2N2OS3. The molecule has 0 N–H and O–H groups in total. The highest BCUT2D eigenvalue weighted by atomic mass is 35.5. The molecule has 1 saturated heterocycles. The van der Waals surface area contributed by atoms with Gasteiger partial charge in [-0.1, -0.05) is 35.0 Å². The zero-order valence-electron chi connectivity index (χ0n) is 15.8. The largest absolute Gasteiger partial charge is 0.287 e. The molecule has 0 saturated carbocycles. The molecule has 4 rings (SSSR count). The number of benzene rings is 2. The van der Waals surface area contributed by atoms with Crippen molar-refractivity contribution in [2.75, 3.05) is 6.54 Å². The number of hydrogen-bond donors (Lipinski definition) is 0. The summed E-state index contributed by atoms with van der Waals surface area (Å²) in [6, 6.07) is 19.1. The summed E-state index contributed by atoms with van der Waals surface area (Å²) in [5.41, 5.74) is 0.771. The Morgan fingerprint density at radius 3 is 2.33 bits per heavy atom. The van der Waals surface area contributed by atoms with Gasteiger partial charge in [0.05, 0.1) is 14.8 Å². The van der Waals surface area contributed by atoms with Gasteiger partial charge in [0.1, 0.15) is 0 Å². The molecule has 2 aromatic carbocycles. The van der Waals surface area contributed by atoms with E-state index < -0.39 is 0 Å². The molecule has 2 heterocycles. The summed E-state index contributed by atoms with van der Waals surface area (Å²) < 4.78 is 1.15. The average Bonchev–Trinajstić information content (AvgIpc) is 3.29. The fourth-order valence-electron chi connectivity index (χ4n) is 2.71. The van der Waals surface area contributed by atoms with Crippen LogP contribution < -0.4 is 0 Å². The summed E-state index contributed by atoms with van der Waals surface area (Å²) in [7, 11) is 0. The van der Waals surface area contributed by atoms with Crippen LogP contribution >= 0.6 is 58.1 Å². The fraction of sp³-hybridized carbons (Fsp3) is 0.0909. The molecule has 152 valence electrons. The molecule has 0 spiro atoms. The van der Waals surface area contributed by atoms with Crippen molar-refractivity contribution in [2.45, 2.75) is 16.0 Å². The van der Waals surface area contributed by atoms with Crippen molar-refractivity contribution in [3.8, 4) is 0 Å². The fourth-order valence-corrected chi connectivity index (χ4v) is 6.16. The Bertz CT molecular complexity index is 1120. The lowest BCUT2D eigenvalue weighted by Crippen LogP contribution is -2.28. The summed E-state index contributed by atoms with van der Waals surface area (Å²) in [6.07, 6.45) is 1.94. The topological polar surface area (TPSA) is 32.7 Å². The van der Waals surface area contributed by atoms with E-state index in [1.54, 1.807) is 40.1 Å². The minimum absolute atomic E-state index is 0.0180. The van der Waals surface area contributed by atoms with Crippen molar-refractivity contribution in [1.29, 1.82) is 0 Å². The number of rotatable bonds is 5. The second-order valence-electron chi connectivity index (χ2n) is 6.24. The Kier molecular flexibility index (Phi) is 6.91. The molecule has 1 aliphatic rings. The summed E-state index contributed by atoms with van der Waals surface area (Å²) in [5.74, 6) is -0.0180. The van der Waals surface area contributed by atoms with Crippen LogP contribution in [0.25, 0.3) is 6.08 Å². The predicted octanol–water partition coefficient (Wildman–Crippen LogP) is 7.83. The second-order valence-corrected chi connectivity index (χ2v) is 10.6. The lowest BCUT2D eigenvalue weighted by molar-refractivity contribution is -0.122. The van der Waals surface area contributed by atoms with Gasteiger partial charge < -0.3 is 0 Å². The standard InChI is InChI=1S/C22H16Cl2N2OS3/c1-2-26-21(27)19(30-22(26)25-16-7-3-14(23)4-8-16)13-18-11-12-20(29-18)28-17-9-5-15(24)6-10-17/h3-13H,2H2,1H3/b19-13-,25-22?. The van der Waals surface area contributed by atoms with Crippen LogP contribution in [0.3, 0.4) is 0 Å². The minimum Gasteiger partial charge on any atom is -0.287 e. The quantitative estimate of drug-likeness (QED) is 0.341. The van der Waals surface area contributed by atoms with Crippen LogP contribution in [0.5, 0.6) is 0 Å². The average molecular weight is 491 g/mol. The number of nitrogens with zero attached hydrogens (tertiary/aromatic N) is 2. The molecule has 30 heavy (non-hydrogen) atoms. The molecule has 0 bridgehead atoms. The Morgan fingerprint density at radius 1 is 1.00 bits per heavy atom. The normalized spacial score (nSPS) is 16.8. The number of likely N-dealkylation sites (N-methyl/N-ethyl adjacent to an activating group) is 1. The Hall–Kier alpha value is -1.70. The molecule has 3 aromatic rings. The van der Waals surface area contributed by atoms with E-state index in [0.29, 0.717) is 21.6 Å². The van der Waals surface area contributed by atoms with Crippen LogP contribution in [0, 0.1) is 0 Å². The van der Waals surface area contributed by atoms with E-state index in [0.717, 1.165) is 24.7 Å². The van der Waals surface area contributed by atoms with Gasteiger partial charge in [-0.15, -0.1) is 11.3 Å². The molecule has 1 amide bonds. The number of hydrogen-bond acceptors (Lipinski definition) is 5. The first kappa shape index (κ1) is 21.5. The third-order valence-electron chi connectivity index (χ3n) is 4.16. The van der Waals surface area contributed by atoms with Gasteiger partial charge in [-0.2, -0.15) is 0 Å². The number of carbonyl (C=O) groups is 1. The van der Waals surface area contributed by atoms with Gasteiger partial charge in [0.15, 0.2) is 5.17 Å². The zero-order valence-corrected chi connectivity index (χ0v) is 19.8. The van der Waals surface area contributed by atoms with Crippen molar-refractivity contribution in [3.05, 3.63) is 80.5 Å². The number of amides is 1. The number of thioether (sulfide) groups is 1. The zero-order chi connectivity index (χ0) is 21.1. The minimum atomic E-state index is -0.0180. The first-order valence-corrected chi connectivity index (χ1v) is 12.3. The number of carbonyl (C=O) groups excluding carboxylic acids is 1. The van der Waals surface area contributed by atoms with Crippen molar-refractivity contribution in [1.82, 2.24) is 4.90 Å². The van der Waals surface area contributed by atoms with E-state index in [1.807, 2.05) is 55.5 Å². The third kappa shape index (κ3) is 5.13. The Labute approximate surface area is 197 Å². The Morgan fingerprint density at radius 2 is 1.67 bits per heavy atom. The number of halogens is 2. The molecule has 1 fully saturated rings. The smallest absolute Gasteiger partial charge is 0.266 e. The number of aliphatic imine (C=N–C) groups is 1. The van der Waals surface area contributed by atoms with Crippen molar-refractivity contribution >= 4 is 80.9 Å². The molecule has 3 nitrogen and oxygen atoms in total. The van der Waals surface area contributed by atoms with Crippen LogP contribution in [0.1, 0.15) is 11.8 Å². The first-order chi connectivity index (χ1) is 14.5. The van der Waals surface area contributed by atoms with Crippen molar-refractivity contribution in [2.24, 2.45) is 4.99 Å². The highest BCUT2D eigenvalue weighted by Crippen LogP contribution is 2.38. The van der Waals surface area contributed by atoms with Gasteiger partial charge in [0.25, 0.3) is 5.91 Å². The molecule has 0 radical (unpaired) electrons. The van der Waals surface area contributed by atoms with Crippen LogP contribution in [-0.2, 0) is 4.79 Å². The van der Waals surface area contributed by atoms with E-state index >= 15 is 0 Å². The second kappa shape index (κ2) is 9.62. The lowest BCUT2D eigenvalue weighted by Gasteiger charge is -2.11. The molecule has 1 aliphatic heterocycles. The van der Waals surface area contributed by atoms with Gasteiger partial charge in [-0.3, -0.25) is 9.69 Å². The summed E-state index contributed by atoms with van der Waals surface area (Å²) in [6.45, 7) is 2.52. The van der Waals surface area contributed by atoms with E-state index in [9.17, 15) is 4.79 Å². The van der Waals surface area contributed by atoms with Gasteiger partial charge in [-0.05, 0) is 85.4 Å². The van der Waals surface area contributed by atoms with Crippen LogP contribution in [-0.4, -0.2) is 22.5 Å². The van der Waals surface area contributed by atoms with Gasteiger partial charge in [0.2, 0.25) is 0 Å². The summed E-state index contributed by atoms with van der Waals surface area (Å²) >= 11 is 16.6. The molecule has 0 atom stereocenters. The van der Waals surface area contributed by atoms with Crippen LogP contribution in [0.15, 0.2) is 79.7 Å². The van der Waals surface area contributed by atoms with E-state index in [4.69, 9.17) is 23.2 Å². The molecule has 0 aliphatic carbocycles. The highest BCUT2D eigenvalue weighted by Gasteiger charge is 2.32. The van der Waals surface area contributed by atoms with Crippen molar-refractivity contribution in [3.63, 3.8) is 0 Å². The maximum Gasteiger partial charge on any atom is 0.266 e. The Balaban J connectivity index is 1.53. The number of amidine groups is 1. The third-order valence-corrected chi connectivity index (χ3v) is 7.85. The highest BCUT2D eigenvalue weighted by molar-refractivity contribution is 8.18. The van der Waals surface area contributed by atoms with Gasteiger partial charge in [-0.25, -0.2) is 4.99 Å². The van der Waals surface area contributed by atoms with E-state index in [1.165, 1.54) is 11.8 Å². The maximum absolute atomic E-state index is 12.8.